The third-order valence-corrected chi connectivity index (χ3v) is 5.16. The molecule has 0 radical (unpaired) electrons. The fraction of sp³-hybridized carbons (Fsp3) is 0.364. The average Bonchev–Trinajstić information content (AvgIpc) is 2.70. The summed E-state index contributed by atoms with van der Waals surface area (Å²) in [5.41, 5.74) is 2.03. The lowest BCUT2D eigenvalue weighted by atomic mass is 9.93. The lowest BCUT2D eigenvalue weighted by Crippen LogP contribution is -2.41. The van der Waals surface area contributed by atoms with E-state index in [2.05, 4.69) is 10.6 Å². The van der Waals surface area contributed by atoms with Gasteiger partial charge in [-0.05, 0) is 56.4 Å². The van der Waals surface area contributed by atoms with Crippen LogP contribution in [0.1, 0.15) is 35.2 Å². The SMILES string of the molecule is Cc1ccc(NC(=O)N2CCC(CCNC(=O)c3ccccc3F)CC2)cc1. The number of carbonyl (C=O) groups excluding carboxylic acids is 2. The molecule has 2 aromatic rings. The number of anilines is 1. The Morgan fingerprint density at radius 1 is 1.07 bits per heavy atom. The van der Waals surface area contributed by atoms with E-state index in [1.54, 1.807) is 12.1 Å². The van der Waals surface area contributed by atoms with Gasteiger partial charge in [0.15, 0.2) is 0 Å². The lowest BCUT2D eigenvalue weighted by Gasteiger charge is -2.32. The molecule has 2 aromatic carbocycles. The van der Waals surface area contributed by atoms with Crippen molar-refractivity contribution in [2.75, 3.05) is 25.0 Å². The van der Waals surface area contributed by atoms with Gasteiger partial charge < -0.3 is 15.5 Å². The number of rotatable bonds is 5. The van der Waals surface area contributed by atoms with Gasteiger partial charge in [0, 0.05) is 25.3 Å². The van der Waals surface area contributed by atoms with Gasteiger partial charge in [-0.25, -0.2) is 9.18 Å². The van der Waals surface area contributed by atoms with Crippen molar-refractivity contribution in [2.45, 2.75) is 26.2 Å². The predicted octanol–water partition coefficient (Wildman–Crippen LogP) is 4.20. The molecule has 0 saturated carbocycles. The zero-order valence-electron chi connectivity index (χ0n) is 16.1. The number of nitrogens with one attached hydrogen (secondary N) is 2. The quantitative estimate of drug-likeness (QED) is 0.813. The third kappa shape index (κ3) is 5.31. The maximum atomic E-state index is 13.6. The minimum Gasteiger partial charge on any atom is -0.352 e. The minimum atomic E-state index is -0.507. The molecule has 3 amide bonds. The van der Waals surface area contributed by atoms with Crippen molar-refractivity contribution in [1.82, 2.24) is 10.2 Å². The summed E-state index contributed by atoms with van der Waals surface area (Å²) in [5, 5.41) is 5.72. The maximum Gasteiger partial charge on any atom is 0.321 e. The Balaban J connectivity index is 1.38. The Morgan fingerprint density at radius 2 is 1.75 bits per heavy atom. The summed E-state index contributed by atoms with van der Waals surface area (Å²) >= 11 is 0. The highest BCUT2D eigenvalue weighted by Crippen LogP contribution is 2.21. The third-order valence-electron chi connectivity index (χ3n) is 5.16. The second-order valence-corrected chi connectivity index (χ2v) is 7.25. The van der Waals surface area contributed by atoms with Crippen LogP contribution < -0.4 is 10.6 Å². The fourth-order valence-corrected chi connectivity index (χ4v) is 3.39. The number of benzene rings is 2. The van der Waals surface area contributed by atoms with Crippen LogP contribution in [0.4, 0.5) is 14.9 Å². The highest BCUT2D eigenvalue weighted by molar-refractivity contribution is 5.94. The first-order valence-electron chi connectivity index (χ1n) is 9.68. The number of aryl methyl sites for hydroxylation is 1. The zero-order chi connectivity index (χ0) is 19.9. The molecule has 1 fully saturated rings. The summed E-state index contributed by atoms with van der Waals surface area (Å²) in [6, 6.07) is 13.6. The molecule has 28 heavy (non-hydrogen) atoms. The molecule has 0 bridgehead atoms. The summed E-state index contributed by atoms with van der Waals surface area (Å²) < 4.78 is 13.6. The molecule has 6 heteroatoms. The Labute approximate surface area is 164 Å². The smallest absolute Gasteiger partial charge is 0.321 e. The van der Waals surface area contributed by atoms with Crippen molar-refractivity contribution in [3.05, 3.63) is 65.5 Å². The maximum absolute atomic E-state index is 13.6. The molecule has 1 saturated heterocycles. The standard InChI is InChI=1S/C22H26FN3O2/c1-16-6-8-18(9-7-16)25-22(28)26-14-11-17(12-15-26)10-13-24-21(27)19-4-2-3-5-20(19)23/h2-9,17H,10-15H2,1H3,(H,24,27)(H,25,28). The van der Waals surface area contributed by atoms with Gasteiger partial charge in [-0.3, -0.25) is 4.79 Å². The van der Waals surface area contributed by atoms with Crippen LogP contribution in [0.3, 0.4) is 0 Å². The molecule has 148 valence electrons. The number of halogens is 1. The first-order chi connectivity index (χ1) is 13.5. The average molecular weight is 383 g/mol. The van der Waals surface area contributed by atoms with Gasteiger partial charge in [0.25, 0.3) is 5.91 Å². The van der Waals surface area contributed by atoms with Gasteiger partial charge >= 0.3 is 6.03 Å². The van der Waals surface area contributed by atoms with Crippen molar-refractivity contribution in [2.24, 2.45) is 5.92 Å². The van der Waals surface area contributed by atoms with Gasteiger partial charge in [-0.2, -0.15) is 0 Å². The molecule has 5 nitrogen and oxygen atoms in total. The molecular formula is C22H26FN3O2. The first kappa shape index (κ1) is 19.9. The molecule has 2 N–H and O–H groups in total. The number of carbonyl (C=O) groups is 2. The molecule has 1 aliphatic rings. The van der Waals surface area contributed by atoms with Crippen molar-refractivity contribution in [3.8, 4) is 0 Å². The van der Waals surface area contributed by atoms with E-state index in [1.807, 2.05) is 36.1 Å². The van der Waals surface area contributed by atoms with Crippen LogP contribution in [-0.2, 0) is 0 Å². The number of nitrogens with zero attached hydrogens (tertiary/aromatic N) is 1. The van der Waals surface area contributed by atoms with E-state index >= 15 is 0 Å². The minimum absolute atomic E-state index is 0.0739. The largest absolute Gasteiger partial charge is 0.352 e. The van der Waals surface area contributed by atoms with Gasteiger partial charge in [-0.1, -0.05) is 29.8 Å². The van der Waals surface area contributed by atoms with Crippen LogP contribution in [0.2, 0.25) is 0 Å². The topological polar surface area (TPSA) is 61.4 Å². The van der Waals surface area contributed by atoms with Crippen molar-refractivity contribution >= 4 is 17.6 Å². The molecule has 1 heterocycles. The zero-order valence-corrected chi connectivity index (χ0v) is 16.1. The lowest BCUT2D eigenvalue weighted by molar-refractivity contribution is 0.0945. The monoisotopic (exact) mass is 383 g/mol. The van der Waals surface area contributed by atoms with E-state index in [1.165, 1.54) is 12.1 Å². The Hall–Kier alpha value is -2.89. The highest BCUT2D eigenvalue weighted by atomic mass is 19.1. The molecule has 1 aliphatic heterocycles. The van der Waals surface area contributed by atoms with E-state index in [9.17, 15) is 14.0 Å². The number of hydrogen-bond acceptors (Lipinski definition) is 2. The summed E-state index contributed by atoms with van der Waals surface area (Å²) in [4.78, 5) is 26.2. The Kier molecular flexibility index (Phi) is 6.63. The summed E-state index contributed by atoms with van der Waals surface area (Å²) in [6.45, 7) is 3.91. The van der Waals surface area contributed by atoms with E-state index in [0.717, 1.165) is 30.5 Å². The summed E-state index contributed by atoms with van der Waals surface area (Å²) in [7, 11) is 0. The van der Waals surface area contributed by atoms with Crippen molar-refractivity contribution in [3.63, 3.8) is 0 Å². The Bertz CT molecular complexity index is 815. The molecule has 0 aliphatic carbocycles. The second kappa shape index (κ2) is 9.35. The molecule has 3 rings (SSSR count). The molecule has 0 aromatic heterocycles. The fourth-order valence-electron chi connectivity index (χ4n) is 3.39. The molecular weight excluding hydrogens is 357 g/mol. The first-order valence-corrected chi connectivity index (χ1v) is 9.68. The normalized spacial score (nSPS) is 14.6. The number of urea groups is 1. The summed E-state index contributed by atoms with van der Waals surface area (Å²) in [5.74, 6) is -0.440. The molecule has 0 atom stereocenters. The highest BCUT2D eigenvalue weighted by Gasteiger charge is 2.23. The van der Waals surface area contributed by atoms with Crippen molar-refractivity contribution < 1.29 is 14.0 Å². The van der Waals surface area contributed by atoms with Gasteiger partial charge in [0.2, 0.25) is 0 Å². The van der Waals surface area contributed by atoms with E-state index < -0.39 is 5.82 Å². The van der Waals surface area contributed by atoms with Crippen LogP contribution in [0.25, 0.3) is 0 Å². The van der Waals surface area contributed by atoms with E-state index in [0.29, 0.717) is 25.6 Å². The van der Waals surface area contributed by atoms with E-state index in [-0.39, 0.29) is 17.5 Å². The second-order valence-electron chi connectivity index (χ2n) is 7.25. The van der Waals surface area contributed by atoms with Crippen LogP contribution >= 0.6 is 0 Å². The summed E-state index contributed by atoms with van der Waals surface area (Å²) in [6.07, 6.45) is 2.63. The number of likely N-dealkylation sites (tertiary alicyclic amines) is 1. The number of hydrogen-bond donors (Lipinski definition) is 2. The van der Waals surface area contributed by atoms with Crippen molar-refractivity contribution in [1.29, 1.82) is 0 Å². The molecule has 0 unspecified atom stereocenters. The number of piperidine rings is 1. The molecule has 0 spiro atoms. The number of amides is 3. The van der Waals surface area contributed by atoms with Crippen LogP contribution in [0.15, 0.2) is 48.5 Å². The predicted molar refractivity (Wildman–Crippen MR) is 108 cm³/mol. The van der Waals surface area contributed by atoms with Crippen LogP contribution in [0.5, 0.6) is 0 Å². The van der Waals surface area contributed by atoms with Gasteiger partial charge in [-0.15, -0.1) is 0 Å². The van der Waals surface area contributed by atoms with Crippen LogP contribution in [-0.4, -0.2) is 36.5 Å². The van der Waals surface area contributed by atoms with E-state index in [4.69, 9.17) is 0 Å². The van der Waals surface area contributed by atoms with Gasteiger partial charge in [0.1, 0.15) is 5.82 Å². The Morgan fingerprint density at radius 3 is 2.43 bits per heavy atom. The van der Waals surface area contributed by atoms with Gasteiger partial charge in [0.05, 0.1) is 5.56 Å². The van der Waals surface area contributed by atoms with Crippen LogP contribution in [0, 0.1) is 18.7 Å².